The second kappa shape index (κ2) is 5.18. The normalized spacial score (nSPS) is 17.5. The molecular formula is C15H14BrNO4. The number of aliphatic carboxylic acids is 1. The fraction of sp³-hybridized carbons (Fsp3) is 0.333. The van der Waals surface area contributed by atoms with Crippen molar-refractivity contribution in [2.75, 3.05) is 0 Å². The molecule has 21 heavy (non-hydrogen) atoms. The van der Waals surface area contributed by atoms with Gasteiger partial charge in [-0.25, -0.2) is 0 Å². The van der Waals surface area contributed by atoms with Gasteiger partial charge in [0.15, 0.2) is 5.76 Å². The van der Waals surface area contributed by atoms with Crippen molar-refractivity contribution in [1.29, 1.82) is 0 Å². The summed E-state index contributed by atoms with van der Waals surface area (Å²) in [5.74, 6) is -1.34. The number of nitrogens with zero attached hydrogens (tertiary/aromatic N) is 1. The molecule has 110 valence electrons. The van der Waals surface area contributed by atoms with Gasteiger partial charge in [-0.2, -0.15) is 0 Å². The van der Waals surface area contributed by atoms with Gasteiger partial charge in [0, 0.05) is 18.3 Å². The van der Waals surface area contributed by atoms with Gasteiger partial charge in [-0.05, 0) is 47.3 Å². The summed E-state index contributed by atoms with van der Waals surface area (Å²) in [5, 5.41) is 9.32. The van der Waals surface area contributed by atoms with E-state index in [1.165, 1.54) is 6.26 Å². The molecule has 1 unspecified atom stereocenters. The first-order valence-corrected chi connectivity index (χ1v) is 7.50. The first kappa shape index (κ1) is 14.1. The van der Waals surface area contributed by atoms with Crippen LogP contribution in [-0.2, 0) is 11.3 Å². The van der Waals surface area contributed by atoms with E-state index >= 15 is 0 Å². The average molecular weight is 352 g/mol. The largest absolute Gasteiger partial charge is 0.481 e. The lowest BCUT2D eigenvalue weighted by Gasteiger charge is -2.23. The third-order valence-corrected chi connectivity index (χ3v) is 4.27. The molecule has 0 aromatic carbocycles. The molecule has 5 nitrogen and oxygen atoms in total. The molecular weight excluding hydrogens is 338 g/mol. The smallest absolute Gasteiger partial charge is 0.312 e. The zero-order valence-corrected chi connectivity index (χ0v) is 13.0. The predicted molar refractivity (Wildman–Crippen MR) is 78.6 cm³/mol. The highest BCUT2D eigenvalue weighted by Gasteiger charge is 2.31. The Morgan fingerprint density at radius 3 is 2.81 bits per heavy atom. The van der Waals surface area contributed by atoms with E-state index in [1.54, 1.807) is 6.07 Å². The Morgan fingerprint density at radius 2 is 2.19 bits per heavy atom. The number of carbonyl (C=O) groups is 2. The van der Waals surface area contributed by atoms with Crippen molar-refractivity contribution in [3.63, 3.8) is 0 Å². The summed E-state index contributed by atoms with van der Waals surface area (Å²) in [6.45, 7) is 2.49. The molecule has 0 spiro atoms. The number of carbonyl (C=O) groups excluding carboxylic acids is 1. The van der Waals surface area contributed by atoms with E-state index in [1.807, 2.05) is 17.6 Å². The fourth-order valence-electron chi connectivity index (χ4n) is 2.94. The van der Waals surface area contributed by atoms with Crippen molar-refractivity contribution < 1.29 is 19.1 Å². The molecule has 0 amide bonds. The first-order valence-electron chi connectivity index (χ1n) is 6.70. The zero-order chi connectivity index (χ0) is 15.1. The summed E-state index contributed by atoms with van der Waals surface area (Å²) in [7, 11) is 0. The fourth-order valence-corrected chi connectivity index (χ4v) is 3.24. The number of ketones is 1. The van der Waals surface area contributed by atoms with Crippen LogP contribution in [0.5, 0.6) is 0 Å². The Morgan fingerprint density at radius 1 is 1.43 bits per heavy atom. The highest BCUT2D eigenvalue weighted by molar-refractivity contribution is 9.10. The molecule has 0 radical (unpaired) electrons. The summed E-state index contributed by atoms with van der Waals surface area (Å²) >= 11 is 3.26. The molecule has 3 heterocycles. The average Bonchev–Trinajstić information content (AvgIpc) is 3.00. The van der Waals surface area contributed by atoms with Crippen LogP contribution < -0.4 is 0 Å². The van der Waals surface area contributed by atoms with Crippen LogP contribution in [0.15, 0.2) is 27.3 Å². The quantitative estimate of drug-likeness (QED) is 0.860. The maximum Gasteiger partial charge on any atom is 0.312 e. The zero-order valence-electron chi connectivity index (χ0n) is 11.4. The molecule has 2 aromatic heterocycles. The first-order chi connectivity index (χ1) is 9.99. The molecule has 2 aromatic rings. The van der Waals surface area contributed by atoms with Gasteiger partial charge in [0.1, 0.15) is 6.26 Å². The van der Waals surface area contributed by atoms with Crippen LogP contribution in [0.2, 0.25) is 0 Å². The number of hydrogen-bond acceptors (Lipinski definition) is 3. The summed E-state index contributed by atoms with van der Waals surface area (Å²) in [4.78, 5) is 24.0. The molecule has 1 N–H and O–H groups in total. The van der Waals surface area contributed by atoms with Crippen LogP contribution in [0, 0.1) is 6.92 Å². The van der Waals surface area contributed by atoms with Crippen LogP contribution in [0.4, 0.5) is 0 Å². The Bertz CT molecular complexity index is 728. The van der Waals surface area contributed by atoms with Gasteiger partial charge in [-0.1, -0.05) is 0 Å². The number of rotatable bonds is 3. The number of furan rings is 1. The lowest BCUT2D eigenvalue weighted by atomic mass is 9.96. The molecule has 0 saturated carbocycles. The van der Waals surface area contributed by atoms with Crippen LogP contribution in [0.3, 0.4) is 0 Å². The van der Waals surface area contributed by atoms with E-state index in [9.17, 15) is 14.7 Å². The van der Waals surface area contributed by atoms with Crippen molar-refractivity contribution >= 4 is 27.7 Å². The Kier molecular flexibility index (Phi) is 3.49. The van der Waals surface area contributed by atoms with Gasteiger partial charge >= 0.3 is 5.97 Å². The van der Waals surface area contributed by atoms with Gasteiger partial charge in [0.25, 0.3) is 0 Å². The Labute approximate surface area is 129 Å². The third kappa shape index (κ3) is 2.33. The van der Waals surface area contributed by atoms with Crippen molar-refractivity contribution in [1.82, 2.24) is 4.57 Å². The topological polar surface area (TPSA) is 72.4 Å². The molecule has 0 saturated heterocycles. The van der Waals surface area contributed by atoms with Crippen molar-refractivity contribution in [3.05, 3.63) is 45.6 Å². The summed E-state index contributed by atoms with van der Waals surface area (Å²) < 4.78 is 7.78. The number of carboxylic acid groups (broad SMARTS) is 1. The molecule has 0 bridgehead atoms. The van der Waals surface area contributed by atoms with Crippen molar-refractivity contribution in [2.24, 2.45) is 0 Å². The van der Waals surface area contributed by atoms with Crippen LogP contribution in [0.25, 0.3) is 0 Å². The number of halogens is 1. The molecule has 1 aliphatic rings. The predicted octanol–water partition coefficient (Wildman–Crippen LogP) is 3.35. The van der Waals surface area contributed by atoms with Gasteiger partial charge in [-0.3, -0.25) is 9.59 Å². The van der Waals surface area contributed by atoms with Crippen LogP contribution >= 0.6 is 15.9 Å². The van der Waals surface area contributed by atoms with Gasteiger partial charge < -0.3 is 14.1 Å². The number of aryl methyl sites for hydroxylation is 1. The molecule has 3 rings (SSSR count). The second-order valence-electron chi connectivity index (χ2n) is 5.24. The molecule has 0 fully saturated rings. The minimum Gasteiger partial charge on any atom is -0.481 e. The Balaban J connectivity index is 2.08. The Hall–Kier alpha value is -1.82. The van der Waals surface area contributed by atoms with Gasteiger partial charge in [0.2, 0.25) is 5.78 Å². The van der Waals surface area contributed by atoms with Crippen molar-refractivity contribution in [3.8, 4) is 0 Å². The maximum atomic E-state index is 12.6. The van der Waals surface area contributed by atoms with Gasteiger partial charge in [-0.15, -0.1) is 0 Å². The molecule has 6 heteroatoms. The third-order valence-electron chi connectivity index (χ3n) is 3.86. The second-order valence-corrected chi connectivity index (χ2v) is 6.16. The van der Waals surface area contributed by atoms with Crippen LogP contribution in [-0.4, -0.2) is 21.4 Å². The van der Waals surface area contributed by atoms with Gasteiger partial charge in [0.05, 0.1) is 16.1 Å². The summed E-state index contributed by atoms with van der Waals surface area (Å²) in [5.41, 5.74) is 2.02. The number of aromatic nitrogens is 1. The number of hydrogen-bond donors (Lipinski definition) is 1. The summed E-state index contributed by atoms with van der Waals surface area (Å²) in [6, 6.07) is 3.43. The number of fused-ring (bicyclic) bond motifs is 1. The van der Waals surface area contributed by atoms with E-state index in [-0.39, 0.29) is 11.5 Å². The monoisotopic (exact) mass is 351 g/mol. The maximum absolute atomic E-state index is 12.6. The molecule has 1 atom stereocenters. The molecule has 1 aliphatic heterocycles. The van der Waals surface area contributed by atoms with E-state index < -0.39 is 11.9 Å². The highest BCUT2D eigenvalue weighted by atomic mass is 79.9. The van der Waals surface area contributed by atoms with E-state index in [4.69, 9.17) is 4.42 Å². The van der Waals surface area contributed by atoms with Crippen LogP contribution in [0.1, 0.15) is 46.3 Å². The lowest BCUT2D eigenvalue weighted by molar-refractivity contribution is -0.139. The lowest BCUT2D eigenvalue weighted by Crippen LogP contribution is -2.23. The SMILES string of the molecule is Cc1cc2n(c1C(=O)c1cc(Br)co1)CCCC2C(=O)O. The van der Waals surface area contributed by atoms with E-state index in [0.717, 1.165) is 12.0 Å². The number of carboxylic acids is 1. The minimum atomic E-state index is -0.840. The minimum absolute atomic E-state index is 0.213. The van der Waals surface area contributed by atoms with E-state index in [2.05, 4.69) is 15.9 Å². The van der Waals surface area contributed by atoms with E-state index in [0.29, 0.717) is 28.8 Å². The standard InChI is InChI=1S/C15H14BrNO4/c1-8-5-11-10(15(19)20)3-2-4-17(11)13(8)14(18)12-6-9(16)7-21-12/h5-7,10H,2-4H2,1H3,(H,19,20). The molecule has 0 aliphatic carbocycles. The van der Waals surface area contributed by atoms with Crippen molar-refractivity contribution in [2.45, 2.75) is 32.2 Å². The highest BCUT2D eigenvalue weighted by Crippen LogP contribution is 2.33. The summed E-state index contributed by atoms with van der Waals surface area (Å²) in [6.07, 6.45) is 2.82.